The number of ether oxygens (including phenoxy) is 1. The summed E-state index contributed by atoms with van der Waals surface area (Å²) in [4.78, 5) is 11.0. The van der Waals surface area contributed by atoms with E-state index in [0.29, 0.717) is 12.5 Å². The van der Waals surface area contributed by atoms with Gasteiger partial charge >= 0.3 is 5.97 Å². The van der Waals surface area contributed by atoms with Gasteiger partial charge in [-0.15, -0.1) is 0 Å². The first kappa shape index (κ1) is 6.20. The zero-order chi connectivity index (χ0) is 6.97. The predicted molar refractivity (Wildman–Crippen MR) is 36.4 cm³/mol. The Balaban J connectivity index is 2.08. The normalized spacial score (nSPS) is 39.0. The van der Waals surface area contributed by atoms with Gasteiger partial charge in [-0.05, 0) is 12.8 Å². The van der Waals surface area contributed by atoms with Crippen LogP contribution in [-0.2, 0) is 9.53 Å². The maximum atomic E-state index is 11.0. The second-order valence-corrected chi connectivity index (χ2v) is 3.28. The molecule has 2 rings (SSSR count). The minimum Gasteiger partial charge on any atom is -0.465 e. The largest absolute Gasteiger partial charge is 0.465 e. The summed E-state index contributed by atoms with van der Waals surface area (Å²) in [5.41, 5.74) is 0. The Morgan fingerprint density at radius 3 is 2.90 bits per heavy atom. The maximum absolute atomic E-state index is 11.0. The van der Waals surface area contributed by atoms with E-state index in [-0.39, 0.29) is 11.9 Å². The van der Waals surface area contributed by atoms with E-state index in [1.54, 1.807) is 0 Å². The van der Waals surface area contributed by atoms with Crippen LogP contribution in [0.3, 0.4) is 0 Å². The molecule has 0 spiro atoms. The fraction of sp³-hybridized carbons (Fsp3) is 0.875. The van der Waals surface area contributed by atoms with Crippen molar-refractivity contribution < 1.29 is 9.53 Å². The fourth-order valence-corrected chi connectivity index (χ4v) is 2.01. The molecule has 0 bridgehead atoms. The van der Waals surface area contributed by atoms with Crippen LogP contribution in [0.1, 0.15) is 25.7 Å². The average molecular weight is 140 g/mol. The van der Waals surface area contributed by atoms with Crippen LogP contribution < -0.4 is 0 Å². The first-order valence-corrected chi connectivity index (χ1v) is 4.04. The number of hydrogen-bond donors (Lipinski definition) is 0. The molecule has 0 amide bonds. The highest BCUT2D eigenvalue weighted by atomic mass is 16.5. The highest BCUT2D eigenvalue weighted by molar-refractivity contribution is 5.74. The molecule has 0 N–H and O–H groups in total. The van der Waals surface area contributed by atoms with Crippen LogP contribution in [-0.4, -0.2) is 12.6 Å². The quantitative estimate of drug-likeness (QED) is 0.475. The molecule has 0 radical (unpaired) electrons. The Bertz CT molecular complexity index is 153. The number of esters is 1. The molecule has 1 heterocycles. The first-order valence-electron chi connectivity index (χ1n) is 4.04. The summed E-state index contributed by atoms with van der Waals surface area (Å²) < 4.78 is 4.96. The van der Waals surface area contributed by atoms with Crippen molar-refractivity contribution in [1.82, 2.24) is 0 Å². The second kappa shape index (κ2) is 2.26. The summed E-state index contributed by atoms with van der Waals surface area (Å²) in [6, 6.07) is 0. The topological polar surface area (TPSA) is 26.3 Å². The molecule has 2 nitrogen and oxygen atoms in total. The van der Waals surface area contributed by atoms with Crippen LogP contribution >= 0.6 is 0 Å². The van der Waals surface area contributed by atoms with Crippen LogP contribution in [0.15, 0.2) is 0 Å². The third-order valence-corrected chi connectivity index (χ3v) is 2.65. The molecule has 1 saturated heterocycles. The van der Waals surface area contributed by atoms with Gasteiger partial charge in [0.2, 0.25) is 0 Å². The van der Waals surface area contributed by atoms with Crippen LogP contribution in [0, 0.1) is 11.8 Å². The molecular weight excluding hydrogens is 128 g/mol. The zero-order valence-electron chi connectivity index (χ0n) is 6.01. The summed E-state index contributed by atoms with van der Waals surface area (Å²) in [6.45, 7) is 0.698. The van der Waals surface area contributed by atoms with Gasteiger partial charge in [0.1, 0.15) is 0 Å². The van der Waals surface area contributed by atoms with Crippen LogP contribution in [0.5, 0.6) is 0 Å². The van der Waals surface area contributed by atoms with Crippen molar-refractivity contribution >= 4 is 5.97 Å². The molecule has 2 atom stereocenters. The Morgan fingerprint density at radius 2 is 2.10 bits per heavy atom. The molecule has 1 aliphatic carbocycles. The van der Waals surface area contributed by atoms with E-state index in [4.69, 9.17) is 4.74 Å². The molecule has 1 saturated carbocycles. The molecule has 0 aromatic rings. The van der Waals surface area contributed by atoms with Crippen LogP contribution in [0.2, 0.25) is 0 Å². The average Bonchev–Trinajstić information content (AvgIpc) is 2.34. The Morgan fingerprint density at radius 1 is 1.30 bits per heavy atom. The summed E-state index contributed by atoms with van der Waals surface area (Å²) >= 11 is 0. The Hall–Kier alpha value is -0.530. The van der Waals surface area contributed by atoms with E-state index >= 15 is 0 Å². The van der Waals surface area contributed by atoms with Crippen molar-refractivity contribution in [2.45, 2.75) is 25.7 Å². The summed E-state index contributed by atoms with van der Waals surface area (Å²) in [6.07, 6.45) is 4.79. The van der Waals surface area contributed by atoms with E-state index in [9.17, 15) is 4.79 Å². The lowest BCUT2D eigenvalue weighted by atomic mass is 9.81. The van der Waals surface area contributed by atoms with E-state index in [2.05, 4.69) is 0 Å². The van der Waals surface area contributed by atoms with Crippen molar-refractivity contribution in [3.05, 3.63) is 0 Å². The summed E-state index contributed by atoms with van der Waals surface area (Å²) in [5.74, 6) is 0.903. The van der Waals surface area contributed by atoms with Gasteiger partial charge in [0.15, 0.2) is 0 Å². The molecule has 0 aromatic heterocycles. The van der Waals surface area contributed by atoms with Crippen molar-refractivity contribution in [3.8, 4) is 0 Å². The van der Waals surface area contributed by atoms with Gasteiger partial charge in [0.05, 0.1) is 12.5 Å². The minimum atomic E-state index is 0.0599. The zero-order valence-corrected chi connectivity index (χ0v) is 6.01. The lowest BCUT2D eigenvalue weighted by Crippen LogP contribution is -2.19. The number of carbonyl (C=O) groups is 1. The van der Waals surface area contributed by atoms with Gasteiger partial charge in [-0.25, -0.2) is 0 Å². The Labute approximate surface area is 60.6 Å². The van der Waals surface area contributed by atoms with Gasteiger partial charge in [-0.2, -0.15) is 0 Å². The SMILES string of the molecule is O=C1OC[C@@H]2CCCC[C@H]12. The highest BCUT2D eigenvalue weighted by Crippen LogP contribution is 2.35. The van der Waals surface area contributed by atoms with Crippen molar-refractivity contribution in [1.29, 1.82) is 0 Å². The smallest absolute Gasteiger partial charge is 0.309 e. The van der Waals surface area contributed by atoms with Gasteiger partial charge in [0.25, 0.3) is 0 Å². The molecule has 0 unspecified atom stereocenters. The second-order valence-electron chi connectivity index (χ2n) is 3.28. The first-order chi connectivity index (χ1) is 4.88. The highest BCUT2D eigenvalue weighted by Gasteiger charge is 2.37. The molecule has 56 valence electrons. The lowest BCUT2D eigenvalue weighted by molar-refractivity contribution is -0.141. The van der Waals surface area contributed by atoms with Crippen molar-refractivity contribution in [3.63, 3.8) is 0 Å². The number of rotatable bonds is 0. The van der Waals surface area contributed by atoms with E-state index in [0.717, 1.165) is 6.42 Å². The van der Waals surface area contributed by atoms with E-state index in [1.807, 2.05) is 0 Å². The van der Waals surface area contributed by atoms with Gasteiger partial charge in [-0.3, -0.25) is 4.79 Å². The third-order valence-electron chi connectivity index (χ3n) is 2.65. The van der Waals surface area contributed by atoms with E-state index in [1.165, 1.54) is 19.3 Å². The lowest BCUT2D eigenvalue weighted by Gasteiger charge is -2.19. The summed E-state index contributed by atoms with van der Waals surface area (Å²) in [5, 5.41) is 0. The van der Waals surface area contributed by atoms with Crippen molar-refractivity contribution in [2.75, 3.05) is 6.61 Å². The number of carbonyl (C=O) groups excluding carboxylic acids is 1. The molecule has 2 fully saturated rings. The number of hydrogen-bond acceptors (Lipinski definition) is 2. The molecule has 10 heavy (non-hydrogen) atoms. The van der Waals surface area contributed by atoms with E-state index < -0.39 is 0 Å². The number of cyclic esters (lactones) is 1. The fourth-order valence-electron chi connectivity index (χ4n) is 2.01. The molecular formula is C8H12O2. The minimum absolute atomic E-state index is 0.0599. The molecule has 0 aromatic carbocycles. The third kappa shape index (κ3) is 0.825. The van der Waals surface area contributed by atoms with Crippen molar-refractivity contribution in [2.24, 2.45) is 11.8 Å². The number of fused-ring (bicyclic) bond motifs is 1. The van der Waals surface area contributed by atoms with Gasteiger partial charge in [-0.1, -0.05) is 12.8 Å². The van der Waals surface area contributed by atoms with Gasteiger partial charge in [0, 0.05) is 5.92 Å². The van der Waals surface area contributed by atoms with Crippen LogP contribution in [0.25, 0.3) is 0 Å². The predicted octanol–water partition coefficient (Wildman–Crippen LogP) is 1.35. The molecule has 2 aliphatic rings. The summed E-state index contributed by atoms with van der Waals surface area (Å²) in [7, 11) is 0. The Kier molecular flexibility index (Phi) is 1.40. The standard InChI is InChI=1S/C8H12O2/c9-8-7-4-2-1-3-6(7)5-10-8/h6-7H,1-5H2/t6-,7-/m0/s1. The molecule has 2 heteroatoms. The van der Waals surface area contributed by atoms with Crippen LogP contribution in [0.4, 0.5) is 0 Å². The maximum Gasteiger partial charge on any atom is 0.309 e. The molecule has 1 aliphatic heterocycles. The monoisotopic (exact) mass is 140 g/mol. The van der Waals surface area contributed by atoms with Gasteiger partial charge < -0.3 is 4.74 Å².